The maximum atomic E-state index is 11.2. The summed E-state index contributed by atoms with van der Waals surface area (Å²) in [6.07, 6.45) is 4.42. The molecule has 1 aliphatic rings. The Labute approximate surface area is 138 Å². The number of nitrogens with zero attached hydrogens (tertiary/aromatic N) is 4. The molecule has 0 atom stereocenters. The number of nitrogens with two attached hydrogens (primary N) is 1. The number of hydrogen-bond donors (Lipinski definition) is 2. The third-order valence-electron chi connectivity index (χ3n) is 4.47. The predicted octanol–water partition coefficient (Wildman–Crippen LogP) is 0.932. The number of likely N-dealkylation sites (tertiary alicyclic amines) is 1. The number of carbonyl (C=O) groups is 1. The van der Waals surface area contributed by atoms with Crippen LogP contribution in [0.5, 0.6) is 0 Å². The Hall–Kier alpha value is -1.89. The average Bonchev–Trinajstić information content (AvgIpc) is 2.58. The van der Waals surface area contributed by atoms with Crippen LogP contribution in [0.25, 0.3) is 0 Å². The monoisotopic (exact) mass is 320 g/mol. The fraction of sp³-hybridized carbons (Fsp3) is 0.688. The molecule has 0 radical (unpaired) electrons. The molecule has 0 bridgehead atoms. The van der Waals surface area contributed by atoms with E-state index in [1.54, 1.807) is 6.33 Å². The highest BCUT2D eigenvalue weighted by Gasteiger charge is 2.22. The van der Waals surface area contributed by atoms with E-state index in [9.17, 15) is 4.79 Å². The molecule has 1 aromatic heterocycles. The van der Waals surface area contributed by atoms with Crippen LogP contribution in [-0.2, 0) is 4.79 Å². The van der Waals surface area contributed by atoms with Crippen molar-refractivity contribution in [1.82, 2.24) is 14.9 Å². The fourth-order valence-electron chi connectivity index (χ4n) is 2.77. The van der Waals surface area contributed by atoms with Gasteiger partial charge in [0.15, 0.2) is 0 Å². The summed E-state index contributed by atoms with van der Waals surface area (Å²) in [6, 6.07) is 1.97. The van der Waals surface area contributed by atoms with Gasteiger partial charge in [0.05, 0.1) is 0 Å². The van der Waals surface area contributed by atoms with E-state index >= 15 is 0 Å². The van der Waals surface area contributed by atoms with Crippen molar-refractivity contribution < 1.29 is 4.79 Å². The van der Waals surface area contributed by atoms with Crippen molar-refractivity contribution in [2.75, 3.05) is 50.0 Å². The van der Waals surface area contributed by atoms with Crippen molar-refractivity contribution in [1.29, 1.82) is 0 Å². The number of nitrogens with one attached hydrogen (secondary N) is 1. The average molecular weight is 320 g/mol. The number of rotatable bonds is 8. The number of anilines is 2. The number of hydrogen-bond acceptors (Lipinski definition) is 6. The van der Waals surface area contributed by atoms with Crippen molar-refractivity contribution in [3.63, 3.8) is 0 Å². The lowest BCUT2D eigenvalue weighted by Crippen LogP contribution is -2.39. The number of aromatic nitrogens is 2. The highest BCUT2D eigenvalue weighted by Crippen LogP contribution is 2.17. The molecule has 1 fully saturated rings. The van der Waals surface area contributed by atoms with E-state index in [1.165, 1.54) is 0 Å². The molecule has 7 nitrogen and oxygen atoms in total. The molecule has 128 valence electrons. The molecule has 1 amide bonds. The molecule has 0 saturated carbocycles. The van der Waals surface area contributed by atoms with E-state index in [4.69, 9.17) is 5.73 Å². The summed E-state index contributed by atoms with van der Waals surface area (Å²) in [7, 11) is 2.02. The molecule has 2 rings (SSSR count). The second-order valence-corrected chi connectivity index (χ2v) is 6.07. The van der Waals surface area contributed by atoms with Gasteiger partial charge in [-0.3, -0.25) is 4.79 Å². The van der Waals surface area contributed by atoms with Crippen LogP contribution in [0.3, 0.4) is 0 Å². The Bertz CT molecular complexity index is 501. The molecule has 2 heterocycles. The number of primary amides is 1. The maximum Gasteiger partial charge on any atom is 0.220 e. The molecule has 7 heteroatoms. The summed E-state index contributed by atoms with van der Waals surface area (Å²) in [6.45, 7) is 6.85. The van der Waals surface area contributed by atoms with Crippen LogP contribution in [0, 0.1) is 5.92 Å². The molecule has 0 aliphatic carbocycles. The van der Waals surface area contributed by atoms with Gasteiger partial charge in [0.2, 0.25) is 5.91 Å². The largest absolute Gasteiger partial charge is 0.370 e. The van der Waals surface area contributed by atoms with Gasteiger partial charge in [0.25, 0.3) is 0 Å². The van der Waals surface area contributed by atoms with Gasteiger partial charge in [-0.05, 0) is 45.8 Å². The van der Waals surface area contributed by atoms with E-state index < -0.39 is 0 Å². The van der Waals surface area contributed by atoms with E-state index in [-0.39, 0.29) is 11.8 Å². The summed E-state index contributed by atoms with van der Waals surface area (Å²) >= 11 is 0. The summed E-state index contributed by atoms with van der Waals surface area (Å²) in [4.78, 5) is 24.2. The second-order valence-electron chi connectivity index (χ2n) is 6.07. The van der Waals surface area contributed by atoms with Crippen LogP contribution in [-0.4, -0.2) is 60.5 Å². The highest BCUT2D eigenvalue weighted by molar-refractivity contribution is 5.76. The van der Waals surface area contributed by atoms with Crippen molar-refractivity contribution in [2.24, 2.45) is 11.7 Å². The Kier molecular flexibility index (Phi) is 6.58. The lowest BCUT2D eigenvalue weighted by atomic mass is 9.96. The van der Waals surface area contributed by atoms with Crippen LogP contribution in [0.2, 0.25) is 0 Å². The molecule has 1 aromatic rings. The van der Waals surface area contributed by atoms with Gasteiger partial charge in [-0.2, -0.15) is 0 Å². The summed E-state index contributed by atoms with van der Waals surface area (Å²) < 4.78 is 0. The predicted molar refractivity (Wildman–Crippen MR) is 92.4 cm³/mol. The minimum atomic E-state index is -0.150. The molecule has 1 saturated heterocycles. The van der Waals surface area contributed by atoms with Crippen LogP contribution in [0.4, 0.5) is 11.6 Å². The van der Waals surface area contributed by atoms with Crippen molar-refractivity contribution >= 4 is 17.5 Å². The maximum absolute atomic E-state index is 11.2. The van der Waals surface area contributed by atoms with E-state index in [1.807, 2.05) is 13.1 Å². The third kappa shape index (κ3) is 5.35. The SMILES string of the molecule is CCN(C)c1cc(NCCCN2CCC(C(N)=O)CC2)ncn1. The van der Waals surface area contributed by atoms with Gasteiger partial charge >= 0.3 is 0 Å². The fourth-order valence-corrected chi connectivity index (χ4v) is 2.77. The first kappa shape index (κ1) is 17.5. The zero-order valence-electron chi connectivity index (χ0n) is 14.2. The molecule has 3 N–H and O–H groups in total. The van der Waals surface area contributed by atoms with Gasteiger partial charge in [-0.25, -0.2) is 9.97 Å². The number of piperidine rings is 1. The Morgan fingerprint density at radius 3 is 2.83 bits per heavy atom. The minimum absolute atomic E-state index is 0.0689. The number of carbonyl (C=O) groups excluding carboxylic acids is 1. The first-order valence-electron chi connectivity index (χ1n) is 8.39. The van der Waals surface area contributed by atoms with Gasteiger partial charge in [0, 0.05) is 32.1 Å². The highest BCUT2D eigenvalue weighted by atomic mass is 16.1. The van der Waals surface area contributed by atoms with Crippen molar-refractivity contribution in [3.8, 4) is 0 Å². The molecular formula is C16H28N6O. The zero-order chi connectivity index (χ0) is 16.7. The minimum Gasteiger partial charge on any atom is -0.370 e. The van der Waals surface area contributed by atoms with Crippen molar-refractivity contribution in [2.45, 2.75) is 26.2 Å². The van der Waals surface area contributed by atoms with Gasteiger partial charge < -0.3 is 20.9 Å². The molecule has 23 heavy (non-hydrogen) atoms. The standard InChI is InChI=1S/C16H28N6O/c1-3-21(2)15-11-14(19-12-20-15)18-7-4-8-22-9-5-13(6-10-22)16(17)23/h11-13H,3-10H2,1-2H3,(H2,17,23)(H,18,19,20). The van der Waals surface area contributed by atoms with Crippen LogP contribution < -0.4 is 16.0 Å². The van der Waals surface area contributed by atoms with E-state index in [0.29, 0.717) is 0 Å². The van der Waals surface area contributed by atoms with Gasteiger partial charge in [0.1, 0.15) is 18.0 Å². The summed E-state index contributed by atoms with van der Waals surface area (Å²) in [5.41, 5.74) is 5.36. The quantitative estimate of drug-likeness (QED) is 0.693. The first-order chi connectivity index (χ1) is 11.1. The van der Waals surface area contributed by atoms with Crippen LogP contribution in [0.15, 0.2) is 12.4 Å². The molecule has 0 aromatic carbocycles. The Morgan fingerprint density at radius 2 is 2.17 bits per heavy atom. The number of amides is 1. The first-order valence-corrected chi connectivity index (χ1v) is 8.39. The van der Waals surface area contributed by atoms with E-state index in [0.717, 1.165) is 63.6 Å². The molecular weight excluding hydrogens is 292 g/mol. The lowest BCUT2D eigenvalue weighted by molar-refractivity contribution is -0.123. The Balaban J connectivity index is 1.67. The summed E-state index contributed by atoms with van der Waals surface area (Å²) in [5.74, 6) is 1.71. The molecule has 0 unspecified atom stereocenters. The topological polar surface area (TPSA) is 87.4 Å². The van der Waals surface area contributed by atoms with Crippen LogP contribution in [0.1, 0.15) is 26.2 Å². The lowest BCUT2D eigenvalue weighted by Gasteiger charge is -2.30. The Morgan fingerprint density at radius 1 is 1.43 bits per heavy atom. The smallest absolute Gasteiger partial charge is 0.220 e. The molecule has 0 spiro atoms. The second kappa shape index (κ2) is 8.67. The normalized spacial score (nSPS) is 16.3. The van der Waals surface area contributed by atoms with Crippen LogP contribution >= 0.6 is 0 Å². The molecule has 1 aliphatic heterocycles. The van der Waals surface area contributed by atoms with Gasteiger partial charge in [-0.15, -0.1) is 0 Å². The summed E-state index contributed by atoms with van der Waals surface area (Å²) in [5, 5.41) is 3.35. The van der Waals surface area contributed by atoms with Gasteiger partial charge in [-0.1, -0.05) is 0 Å². The zero-order valence-corrected chi connectivity index (χ0v) is 14.2. The van der Waals surface area contributed by atoms with E-state index in [2.05, 4.69) is 32.0 Å². The third-order valence-corrected chi connectivity index (χ3v) is 4.47. The van der Waals surface area contributed by atoms with Crippen molar-refractivity contribution in [3.05, 3.63) is 12.4 Å².